The second-order valence-electron chi connectivity index (χ2n) is 6.29. The van der Waals surface area contributed by atoms with Gasteiger partial charge < -0.3 is 15.1 Å². The van der Waals surface area contributed by atoms with Crippen molar-refractivity contribution in [2.75, 3.05) is 0 Å². The Hall–Kier alpha value is -2.37. The lowest BCUT2D eigenvalue weighted by molar-refractivity contribution is -0.159. The Kier molecular flexibility index (Phi) is 7.42. The zero-order valence-electron chi connectivity index (χ0n) is 14.3. The summed E-state index contributed by atoms with van der Waals surface area (Å²) < 4.78 is 0. The largest absolute Gasteiger partial charge is 0.480 e. The van der Waals surface area contributed by atoms with E-state index in [0.717, 1.165) is 10.5 Å². The predicted molar refractivity (Wildman–Crippen MR) is 89.6 cm³/mol. The van der Waals surface area contributed by atoms with Gasteiger partial charge in [0.05, 0.1) is 0 Å². The maximum Gasteiger partial charge on any atom is 0.326 e. The molecule has 0 aliphatic heterocycles. The van der Waals surface area contributed by atoms with E-state index in [0.29, 0.717) is 6.42 Å². The molecule has 6 nitrogen and oxygen atoms in total. The lowest BCUT2D eigenvalue weighted by Gasteiger charge is -2.34. The van der Waals surface area contributed by atoms with Gasteiger partial charge in [0.15, 0.2) is 0 Å². The van der Waals surface area contributed by atoms with E-state index < -0.39 is 29.9 Å². The lowest BCUT2D eigenvalue weighted by Crippen LogP contribution is -2.53. The number of aliphatic carboxylic acids is 2. The maximum atomic E-state index is 12.0. The normalized spacial score (nSPS) is 13.3. The highest BCUT2D eigenvalue weighted by atomic mass is 16.4. The van der Waals surface area contributed by atoms with E-state index in [-0.39, 0.29) is 18.8 Å². The molecule has 6 heteroatoms. The van der Waals surface area contributed by atoms with Crippen LogP contribution in [-0.2, 0) is 20.8 Å². The number of rotatable bonds is 9. The summed E-state index contributed by atoms with van der Waals surface area (Å²) in [7, 11) is 0. The molecular formula is C18H25NO5. The summed E-state index contributed by atoms with van der Waals surface area (Å²) in [6, 6.07) is 7.02. The Morgan fingerprint density at radius 3 is 1.96 bits per heavy atom. The van der Waals surface area contributed by atoms with E-state index >= 15 is 0 Å². The summed E-state index contributed by atoms with van der Waals surface area (Å²) >= 11 is 0. The topological polar surface area (TPSA) is 94.9 Å². The van der Waals surface area contributed by atoms with Gasteiger partial charge in [-0.05, 0) is 30.7 Å². The molecule has 0 heterocycles. The van der Waals surface area contributed by atoms with Crippen molar-refractivity contribution in [3.05, 3.63) is 35.9 Å². The maximum absolute atomic E-state index is 12.0. The van der Waals surface area contributed by atoms with Gasteiger partial charge >= 0.3 is 11.9 Å². The number of aryl methyl sites for hydroxylation is 1. The summed E-state index contributed by atoms with van der Waals surface area (Å²) in [4.78, 5) is 36.3. The highest BCUT2D eigenvalue weighted by molar-refractivity contribution is 5.87. The molecule has 1 aromatic rings. The van der Waals surface area contributed by atoms with Gasteiger partial charge in [0.25, 0.3) is 0 Å². The van der Waals surface area contributed by atoms with Crippen LogP contribution in [-0.4, -0.2) is 45.0 Å². The van der Waals surface area contributed by atoms with Crippen molar-refractivity contribution in [2.24, 2.45) is 5.92 Å². The minimum atomic E-state index is -1.18. The Morgan fingerprint density at radius 1 is 1.00 bits per heavy atom. The van der Waals surface area contributed by atoms with Crippen LogP contribution in [0.3, 0.4) is 0 Å². The van der Waals surface area contributed by atoms with Crippen molar-refractivity contribution < 1.29 is 24.6 Å². The van der Waals surface area contributed by atoms with Crippen LogP contribution in [0.1, 0.15) is 39.2 Å². The Balaban J connectivity index is 3.03. The fourth-order valence-electron chi connectivity index (χ4n) is 2.77. The molecule has 24 heavy (non-hydrogen) atoms. The monoisotopic (exact) mass is 335 g/mol. The van der Waals surface area contributed by atoms with Crippen LogP contribution in [0.5, 0.6) is 0 Å². The highest BCUT2D eigenvalue weighted by Crippen LogP contribution is 2.19. The molecule has 0 radical (unpaired) electrons. The Morgan fingerprint density at radius 2 is 1.54 bits per heavy atom. The van der Waals surface area contributed by atoms with Crippen LogP contribution in [0.4, 0.5) is 0 Å². The van der Waals surface area contributed by atoms with Crippen LogP contribution in [0.2, 0.25) is 0 Å². The lowest BCUT2D eigenvalue weighted by atomic mass is 9.98. The first-order chi connectivity index (χ1) is 11.2. The number of hydrogen-bond acceptors (Lipinski definition) is 3. The van der Waals surface area contributed by atoms with Crippen molar-refractivity contribution in [1.82, 2.24) is 4.90 Å². The Bertz CT molecular complexity index is 570. The van der Waals surface area contributed by atoms with Gasteiger partial charge in [-0.15, -0.1) is 0 Å². The molecule has 0 aliphatic carbocycles. The second-order valence-corrected chi connectivity index (χ2v) is 6.29. The van der Waals surface area contributed by atoms with Gasteiger partial charge in [-0.25, -0.2) is 9.59 Å². The molecule has 1 rings (SSSR count). The van der Waals surface area contributed by atoms with Gasteiger partial charge in [-0.2, -0.15) is 0 Å². The molecule has 0 aromatic heterocycles. The number of amides is 1. The average molecular weight is 335 g/mol. The van der Waals surface area contributed by atoms with Crippen molar-refractivity contribution in [1.29, 1.82) is 0 Å². The molecule has 1 aromatic carbocycles. The van der Waals surface area contributed by atoms with Crippen LogP contribution >= 0.6 is 0 Å². The third kappa shape index (κ3) is 5.68. The standard InChI is InChI=1S/C18H25NO5/c1-12(2)11-16(18(23)24)19(13(3)20)15(17(21)22)10-9-14-7-5-4-6-8-14/h4-8,12,15-16H,9-11H2,1-3H3,(H,21,22)(H,23,24). The quantitative estimate of drug-likeness (QED) is 0.722. The summed E-state index contributed by atoms with van der Waals surface area (Å²) in [6.07, 6.45) is 0.834. The van der Waals surface area contributed by atoms with Gasteiger partial charge in [0, 0.05) is 6.92 Å². The number of carbonyl (C=O) groups is 3. The first-order valence-electron chi connectivity index (χ1n) is 8.02. The molecule has 0 saturated heterocycles. The third-order valence-corrected chi connectivity index (χ3v) is 3.85. The molecular weight excluding hydrogens is 310 g/mol. The van der Waals surface area contributed by atoms with Crippen LogP contribution < -0.4 is 0 Å². The second kappa shape index (κ2) is 9.05. The SMILES string of the molecule is CC(=O)N(C(CCc1ccccc1)C(=O)O)C(CC(C)C)C(=O)O. The van der Waals surface area contributed by atoms with Crippen molar-refractivity contribution in [2.45, 2.75) is 52.1 Å². The fraction of sp³-hybridized carbons (Fsp3) is 0.500. The summed E-state index contributed by atoms with van der Waals surface area (Å²) in [5, 5.41) is 19.0. The van der Waals surface area contributed by atoms with Crippen LogP contribution in [0.25, 0.3) is 0 Å². The minimum Gasteiger partial charge on any atom is -0.480 e. The van der Waals surface area contributed by atoms with E-state index in [1.54, 1.807) is 0 Å². The number of benzene rings is 1. The van der Waals surface area contributed by atoms with Gasteiger partial charge in [0.1, 0.15) is 12.1 Å². The molecule has 1 amide bonds. The zero-order valence-corrected chi connectivity index (χ0v) is 14.3. The van der Waals surface area contributed by atoms with E-state index in [1.165, 1.54) is 6.92 Å². The first-order valence-corrected chi connectivity index (χ1v) is 8.02. The fourth-order valence-corrected chi connectivity index (χ4v) is 2.77. The summed E-state index contributed by atoms with van der Waals surface area (Å²) in [5.41, 5.74) is 0.947. The predicted octanol–water partition coefficient (Wildman–Crippen LogP) is 2.42. The van der Waals surface area contributed by atoms with Gasteiger partial charge in [-0.3, -0.25) is 4.79 Å². The zero-order chi connectivity index (χ0) is 18.3. The molecule has 0 saturated carbocycles. The molecule has 0 fully saturated rings. The molecule has 0 spiro atoms. The molecule has 2 atom stereocenters. The molecule has 132 valence electrons. The third-order valence-electron chi connectivity index (χ3n) is 3.85. The van der Waals surface area contributed by atoms with Gasteiger partial charge in [-0.1, -0.05) is 44.2 Å². The number of carboxylic acids is 2. The van der Waals surface area contributed by atoms with Gasteiger partial charge in [0.2, 0.25) is 5.91 Å². The molecule has 2 unspecified atom stereocenters. The molecule has 2 N–H and O–H groups in total. The van der Waals surface area contributed by atoms with Crippen molar-refractivity contribution in [3.8, 4) is 0 Å². The van der Waals surface area contributed by atoms with Crippen LogP contribution in [0, 0.1) is 5.92 Å². The minimum absolute atomic E-state index is 0.0246. The van der Waals surface area contributed by atoms with Crippen molar-refractivity contribution >= 4 is 17.8 Å². The number of nitrogens with zero attached hydrogens (tertiary/aromatic N) is 1. The van der Waals surface area contributed by atoms with E-state index in [9.17, 15) is 24.6 Å². The number of carboxylic acid groups (broad SMARTS) is 2. The Labute approximate surface area is 142 Å². The van der Waals surface area contributed by atoms with Crippen molar-refractivity contribution in [3.63, 3.8) is 0 Å². The first kappa shape index (κ1) is 19.7. The molecule has 0 aliphatic rings. The summed E-state index contributed by atoms with van der Waals surface area (Å²) in [6.45, 7) is 4.90. The smallest absolute Gasteiger partial charge is 0.326 e. The highest BCUT2D eigenvalue weighted by Gasteiger charge is 2.37. The molecule has 0 bridgehead atoms. The van der Waals surface area contributed by atoms with E-state index in [1.807, 2.05) is 44.2 Å². The summed E-state index contributed by atoms with van der Waals surface area (Å²) in [5.74, 6) is -2.87. The van der Waals surface area contributed by atoms with Crippen LogP contribution in [0.15, 0.2) is 30.3 Å². The number of carbonyl (C=O) groups excluding carboxylic acids is 1. The van der Waals surface area contributed by atoms with E-state index in [4.69, 9.17) is 0 Å². The van der Waals surface area contributed by atoms with E-state index in [2.05, 4.69) is 0 Å². The number of hydrogen-bond donors (Lipinski definition) is 2. The average Bonchev–Trinajstić information content (AvgIpc) is 2.49.